The normalized spacial score (nSPS) is 24.2. The van der Waals surface area contributed by atoms with E-state index < -0.39 is 5.82 Å². The first kappa shape index (κ1) is 14.4. The molecule has 1 aromatic carbocycles. The van der Waals surface area contributed by atoms with Crippen molar-refractivity contribution in [1.29, 1.82) is 0 Å². The van der Waals surface area contributed by atoms with E-state index in [0.29, 0.717) is 11.1 Å². The molecule has 0 aliphatic heterocycles. The van der Waals surface area contributed by atoms with E-state index in [1.807, 2.05) is 6.92 Å². The molecule has 0 saturated heterocycles. The van der Waals surface area contributed by atoms with Crippen molar-refractivity contribution < 1.29 is 8.78 Å². The lowest BCUT2D eigenvalue weighted by Gasteiger charge is -2.27. The molecular formula is C16H23F2N. The molecule has 1 saturated carbocycles. The molecule has 2 unspecified atom stereocenters. The predicted molar refractivity (Wildman–Crippen MR) is 74.4 cm³/mol. The van der Waals surface area contributed by atoms with E-state index in [1.54, 1.807) is 6.92 Å². The van der Waals surface area contributed by atoms with Crippen molar-refractivity contribution in [1.82, 2.24) is 5.32 Å². The van der Waals surface area contributed by atoms with Crippen LogP contribution in [0, 0.1) is 18.6 Å². The fourth-order valence-electron chi connectivity index (χ4n) is 3.18. The van der Waals surface area contributed by atoms with Crippen molar-refractivity contribution in [2.75, 3.05) is 6.54 Å². The zero-order chi connectivity index (χ0) is 13.8. The van der Waals surface area contributed by atoms with E-state index >= 15 is 0 Å². The lowest BCUT2D eigenvalue weighted by Crippen LogP contribution is -2.35. The molecule has 1 N–H and O–H groups in total. The average molecular weight is 267 g/mol. The van der Waals surface area contributed by atoms with Gasteiger partial charge in [-0.2, -0.15) is 0 Å². The fourth-order valence-corrected chi connectivity index (χ4v) is 3.18. The lowest BCUT2D eigenvalue weighted by molar-refractivity contribution is 0.393. The predicted octanol–water partition coefficient (Wildman–Crippen LogP) is 4.30. The highest BCUT2D eigenvalue weighted by atomic mass is 19.1. The van der Waals surface area contributed by atoms with Gasteiger partial charge in [-0.25, -0.2) is 8.78 Å². The first-order chi connectivity index (χ1) is 9.15. The van der Waals surface area contributed by atoms with Crippen LogP contribution in [0.5, 0.6) is 0 Å². The summed E-state index contributed by atoms with van der Waals surface area (Å²) >= 11 is 0. The second-order valence-corrected chi connectivity index (χ2v) is 5.50. The van der Waals surface area contributed by atoms with Gasteiger partial charge in [0, 0.05) is 17.5 Å². The number of benzene rings is 1. The maximum absolute atomic E-state index is 14.3. The van der Waals surface area contributed by atoms with Crippen LogP contribution in [0.4, 0.5) is 8.78 Å². The Morgan fingerprint density at radius 3 is 2.63 bits per heavy atom. The van der Waals surface area contributed by atoms with E-state index in [9.17, 15) is 8.78 Å². The Morgan fingerprint density at radius 1 is 1.16 bits per heavy atom. The van der Waals surface area contributed by atoms with Crippen LogP contribution in [0.3, 0.4) is 0 Å². The van der Waals surface area contributed by atoms with Crippen LogP contribution in [-0.2, 0) is 0 Å². The molecule has 1 fully saturated rings. The third kappa shape index (κ3) is 3.14. The zero-order valence-electron chi connectivity index (χ0n) is 11.8. The van der Waals surface area contributed by atoms with Gasteiger partial charge in [-0.15, -0.1) is 0 Å². The van der Waals surface area contributed by atoms with Crippen molar-refractivity contribution in [3.63, 3.8) is 0 Å². The zero-order valence-corrected chi connectivity index (χ0v) is 11.8. The minimum Gasteiger partial charge on any atom is -0.314 e. The van der Waals surface area contributed by atoms with Crippen LogP contribution in [0.15, 0.2) is 12.1 Å². The summed E-state index contributed by atoms with van der Waals surface area (Å²) in [6.45, 7) is 4.60. The molecule has 0 radical (unpaired) electrons. The third-order valence-electron chi connectivity index (χ3n) is 4.17. The van der Waals surface area contributed by atoms with Crippen LogP contribution < -0.4 is 5.32 Å². The summed E-state index contributed by atoms with van der Waals surface area (Å²) < 4.78 is 28.4. The summed E-state index contributed by atoms with van der Waals surface area (Å²) in [7, 11) is 0. The van der Waals surface area contributed by atoms with Gasteiger partial charge < -0.3 is 5.32 Å². The first-order valence-corrected chi connectivity index (χ1v) is 7.33. The molecule has 2 atom stereocenters. The highest BCUT2D eigenvalue weighted by Crippen LogP contribution is 2.35. The molecule has 0 heterocycles. The van der Waals surface area contributed by atoms with Gasteiger partial charge in [0.2, 0.25) is 0 Å². The monoisotopic (exact) mass is 267 g/mol. The Bertz CT molecular complexity index is 431. The van der Waals surface area contributed by atoms with Crippen molar-refractivity contribution >= 4 is 0 Å². The fraction of sp³-hybridized carbons (Fsp3) is 0.625. The Labute approximate surface area is 114 Å². The highest BCUT2D eigenvalue weighted by Gasteiger charge is 2.29. The molecule has 2 rings (SSSR count). The molecule has 0 spiro atoms. The second-order valence-electron chi connectivity index (χ2n) is 5.50. The minimum absolute atomic E-state index is 0.0395. The van der Waals surface area contributed by atoms with Gasteiger partial charge in [0.25, 0.3) is 0 Å². The number of hydrogen-bond acceptors (Lipinski definition) is 1. The quantitative estimate of drug-likeness (QED) is 0.805. The van der Waals surface area contributed by atoms with E-state index in [4.69, 9.17) is 0 Å². The van der Waals surface area contributed by atoms with E-state index in [1.165, 1.54) is 12.1 Å². The number of aryl methyl sites for hydroxylation is 1. The molecular weight excluding hydrogens is 244 g/mol. The maximum atomic E-state index is 14.3. The number of hydrogen-bond donors (Lipinski definition) is 1. The SMILES string of the molecule is CCNC1CCCCCC1c1c(F)ccc(C)c1F. The number of nitrogens with one attached hydrogen (secondary N) is 1. The van der Waals surface area contributed by atoms with Gasteiger partial charge in [-0.1, -0.05) is 32.3 Å². The van der Waals surface area contributed by atoms with Crippen molar-refractivity contribution in [2.24, 2.45) is 0 Å². The largest absolute Gasteiger partial charge is 0.314 e. The molecule has 1 aliphatic rings. The average Bonchev–Trinajstić information content (AvgIpc) is 2.61. The molecule has 0 aromatic heterocycles. The van der Waals surface area contributed by atoms with Crippen LogP contribution in [0.25, 0.3) is 0 Å². The Morgan fingerprint density at radius 2 is 1.89 bits per heavy atom. The van der Waals surface area contributed by atoms with Gasteiger partial charge in [-0.05, 0) is 37.9 Å². The van der Waals surface area contributed by atoms with Gasteiger partial charge in [0.05, 0.1) is 0 Å². The summed E-state index contributed by atoms with van der Waals surface area (Å²) in [5.74, 6) is -0.782. The summed E-state index contributed by atoms with van der Waals surface area (Å²) in [5, 5.41) is 3.41. The molecule has 0 amide bonds. The second kappa shape index (κ2) is 6.47. The molecule has 1 aliphatic carbocycles. The number of likely N-dealkylation sites (N-methyl/N-ethyl adjacent to an activating group) is 1. The third-order valence-corrected chi connectivity index (χ3v) is 4.17. The van der Waals surface area contributed by atoms with Crippen LogP contribution in [0.1, 0.15) is 56.1 Å². The summed E-state index contributed by atoms with van der Waals surface area (Å²) in [5.41, 5.74) is 0.837. The summed E-state index contributed by atoms with van der Waals surface area (Å²) in [6, 6.07) is 3.12. The molecule has 106 valence electrons. The van der Waals surface area contributed by atoms with E-state index in [0.717, 1.165) is 38.6 Å². The smallest absolute Gasteiger partial charge is 0.132 e. The molecule has 19 heavy (non-hydrogen) atoms. The standard InChI is InChI=1S/C16H23F2N/c1-3-19-14-8-6-4-5-7-12(14)15-13(17)10-9-11(2)16(15)18/h9-10,12,14,19H,3-8H2,1-2H3. The van der Waals surface area contributed by atoms with Crippen molar-refractivity contribution in [3.05, 3.63) is 34.9 Å². The minimum atomic E-state index is -0.391. The van der Waals surface area contributed by atoms with Crippen LogP contribution in [-0.4, -0.2) is 12.6 Å². The number of rotatable bonds is 3. The lowest BCUT2D eigenvalue weighted by atomic mass is 9.86. The Balaban J connectivity index is 2.38. The van der Waals surface area contributed by atoms with E-state index in [2.05, 4.69) is 5.32 Å². The van der Waals surface area contributed by atoms with Crippen molar-refractivity contribution in [2.45, 2.75) is 57.9 Å². The first-order valence-electron chi connectivity index (χ1n) is 7.33. The van der Waals surface area contributed by atoms with Gasteiger partial charge >= 0.3 is 0 Å². The molecule has 1 aromatic rings. The van der Waals surface area contributed by atoms with Crippen LogP contribution in [0.2, 0.25) is 0 Å². The van der Waals surface area contributed by atoms with Gasteiger partial charge in [0.15, 0.2) is 0 Å². The number of halogens is 2. The maximum Gasteiger partial charge on any atom is 0.132 e. The van der Waals surface area contributed by atoms with E-state index in [-0.39, 0.29) is 17.8 Å². The summed E-state index contributed by atoms with van der Waals surface area (Å²) in [4.78, 5) is 0. The molecule has 1 nitrogen and oxygen atoms in total. The van der Waals surface area contributed by atoms with Gasteiger partial charge in [-0.3, -0.25) is 0 Å². The summed E-state index contributed by atoms with van der Waals surface area (Å²) in [6.07, 6.45) is 5.23. The van der Waals surface area contributed by atoms with Crippen molar-refractivity contribution in [3.8, 4) is 0 Å². The highest BCUT2D eigenvalue weighted by molar-refractivity contribution is 5.31. The van der Waals surface area contributed by atoms with Crippen LogP contribution >= 0.6 is 0 Å². The van der Waals surface area contributed by atoms with Gasteiger partial charge in [0.1, 0.15) is 11.6 Å². The Hall–Kier alpha value is -0.960. The molecule has 3 heteroatoms. The Kier molecular flexibility index (Phi) is 4.92. The molecule has 0 bridgehead atoms. The topological polar surface area (TPSA) is 12.0 Å².